The molecule has 1 saturated heterocycles. The molecule has 1 amide bonds. The van der Waals surface area contributed by atoms with Crippen molar-refractivity contribution in [3.8, 4) is 0 Å². The van der Waals surface area contributed by atoms with E-state index in [4.69, 9.17) is 0 Å². The van der Waals surface area contributed by atoms with Gasteiger partial charge in [0.15, 0.2) is 0 Å². The molecular formula is C23H32FN3O. The molecule has 152 valence electrons. The Kier molecular flexibility index (Phi) is 8.95. The third-order valence-electron chi connectivity index (χ3n) is 4.60. The second kappa shape index (κ2) is 11.4. The Hall–Kier alpha value is -2.40. The zero-order chi connectivity index (χ0) is 20.4. The number of hydrogen-bond donors (Lipinski definition) is 2. The van der Waals surface area contributed by atoms with Gasteiger partial charge in [-0.3, -0.25) is 4.79 Å². The molecule has 0 spiro atoms. The Morgan fingerprint density at radius 3 is 2.43 bits per heavy atom. The van der Waals surface area contributed by atoms with E-state index < -0.39 is 0 Å². The van der Waals surface area contributed by atoms with Crippen LogP contribution in [0.2, 0.25) is 0 Å². The number of amides is 1. The maximum atomic E-state index is 13.2. The minimum Gasteiger partial charge on any atom is -0.369 e. The van der Waals surface area contributed by atoms with Crippen LogP contribution in [0, 0.1) is 12.7 Å². The van der Waals surface area contributed by atoms with Crippen LogP contribution in [0.15, 0.2) is 42.5 Å². The predicted octanol–water partition coefficient (Wildman–Crippen LogP) is 4.99. The fraction of sp³-hybridized carbons (Fsp3) is 0.435. The van der Waals surface area contributed by atoms with Crippen LogP contribution in [-0.2, 0) is 0 Å². The normalized spacial score (nSPS) is 13.5. The summed E-state index contributed by atoms with van der Waals surface area (Å²) in [5.41, 5.74) is 3.13. The van der Waals surface area contributed by atoms with Crippen LogP contribution in [0.1, 0.15) is 49.0 Å². The van der Waals surface area contributed by atoms with E-state index in [0.717, 1.165) is 37.4 Å². The molecule has 0 unspecified atom stereocenters. The van der Waals surface area contributed by atoms with Gasteiger partial charge in [-0.15, -0.1) is 0 Å². The Bertz CT molecular complexity index is 755. The highest BCUT2D eigenvalue weighted by Gasteiger charge is 2.14. The lowest BCUT2D eigenvalue weighted by atomic mass is 10.1. The Morgan fingerprint density at radius 1 is 1.11 bits per heavy atom. The van der Waals surface area contributed by atoms with Crippen molar-refractivity contribution in [2.24, 2.45) is 0 Å². The summed E-state index contributed by atoms with van der Waals surface area (Å²) in [5.74, 6) is -0.593. The van der Waals surface area contributed by atoms with Crippen LogP contribution in [0.3, 0.4) is 0 Å². The van der Waals surface area contributed by atoms with Gasteiger partial charge in [0, 0.05) is 43.1 Å². The number of piperazine rings is 1. The molecule has 0 aromatic heterocycles. The van der Waals surface area contributed by atoms with Gasteiger partial charge in [-0.05, 0) is 48.9 Å². The summed E-state index contributed by atoms with van der Waals surface area (Å²) in [5, 5.41) is 6.06. The second-order valence-electron chi connectivity index (χ2n) is 7.11. The smallest absolute Gasteiger partial charge is 0.255 e. The average Bonchev–Trinajstić information content (AvgIpc) is 2.69. The average molecular weight is 386 g/mol. The largest absolute Gasteiger partial charge is 0.369 e. The fourth-order valence-electron chi connectivity index (χ4n) is 3.12. The number of carbonyl (C=O) groups is 1. The lowest BCUT2D eigenvalue weighted by Crippen LogP contribution is -2.43. The summed E-state index contributed by atoms with van der Waals surface area (Å²) < 4.78 is 13.2. The van der Waals surface area contributed by atoms with Gasteiger partial charge in [0.1, 0.15) is 5.82 Å². The number of rotatable bonds is 5. The zero-order valence-electron chi connectivity index (χ0n) is 17.2. The van der Waals surface area contributed by atoms with Crippen molar-refractivity contribution in [1.82, 2.24) is 5.32 Å². The van der Waals surface area contributed by atoms with Crippen LogP contribution in [0.25, 0.3) is 0 Å². The number of hydrogen-bond acceptors (Lipinski definition) is 3. The highest BCUT2D eigenvalue weighted by molar-refractivity contribution is 6.05. The molecule has 3 rings (SSSR count). The fourth-order valence-corrected chi connectivity index (χ4v) is 3.12. The number of nitrogens with zero attached hydrogens (tertiary/aromatic N) is 1. The van der Waals surface area contributed by atoms with Crippen molar-refractivity contribution in [3.05, 3.63) is 59.4 Å². The van der Waals surface area contributed by atoms with E-state index in [1.807, 2.05) is 19.1 Å². The van der Waals surface area contributed by atoms with Crippen molar-refractivity contribution in [1.29, 1.82) is 0 Å². The summed E-state index contributed by atoms with van der Waals surface area (Å²) in [6, 6.07) is 11.7. The molecule has 0 saturated carbocycles. The summed E-state index contributed by atoms with van der Waals surface area (Å²) in [6.45, 7) is 10.1. The molecule has 2 N–H and O–H groups in total. The molecule has 28 heavy (non-hydrogen) atoms. The number of benzene rings is 2. The zero-order valence-corrected chi connectivity index (χ0v) is 17.2. The van der Waals surface area contributed by atoms with Gasteiger partial charge in [-0.1, -0.05) is 39.2 Å². The molecule has 0 atom stereocenters. The van der Waals surface area contributed by atoms with E-state index in [1.165, 1.54) is 31.4 Å². The highest BCUT2D eigenvalue weighted by Crippen LogP contribution is 2.21. The van der Waals surface area contributed by atoms with Gasteiger partial charge >= 0.3 is 0 Å². The lowest BCUT2D eigenvalue weighted by molar-refractivity contribution is 0.102. The van der Waals surface area contributed by atoms with Gasteiger partial charge in [0.05, 0.1) is 0 Å². The van der Waals surface area contributed by atoms with Gasteiger partial charge in [-0.2, -0.15) is 0 Å². The Labute approximate surface area is 168 Å². The molecule has 1 aliphatic heterocycles. The molecule has 2 aromatic carbocycles. The number of aryl methyl sites for hydroxylation is 1. The molecule has 1 heterocycles. The van der Waals surface area contributed by atoms with Gasteiger partial charge in [0.2, 0.25) is 0 Å². The van der Waals surface area contributed by atoms with Crippen LogP contribution in [0.4, 0.5) is 15.8 Å². The van der Waals surface area contributed by atoms with Crippen LogP contribution in [0.5, 0.6) is 0 Å². The molecular weight excluding hydrogens is 353 g/mol. The van der Waals surface area contributed by atoms with Crippen LogP contribution < -0.4 is 15.5 Å². The number of nitrogens with one attached hydrogen (secondary N) is 2. The molecule has 0 aliphatic carbocycles. The number of anilines is 2. The summed E-state index contributed by atoms with van der Waals surface area (Å²) in [7, 11) is 0. The highest BCUT2D eigenvalue weighted by atomic mass is 19.1. The van der Waals surface area contributed by atoms with Crippen molar-refractivity contribution in [2.45, 2.75) is 40.0 Å². The quantitative estimate of drug-likeness (QED) is 0.762. The predicted molar refractivity (Wildman–Crippen MR) is 116 cm³/mol. The third-order valence-corrected chi connectivity index (χ3v) is 4.60. The van der Waals surface area contributed by atoms with Crippen molar-refractivity contribution < 1.29 is 9.18 Å². The minimum atomic E-state index is -0.367. The van der Waals surface area contributed by atoms with Gasteiger partial charge < -0.3 is 15.5 Å². The Morgan fingerprint density at radius 2 is 1.82 bits per heavy atom. The maximum absolute atomic E-state index is 13.2. The molecule has 5 heteroatoms. The summed E-state index contributed by atoms with van der Waals surface area (Å²) in [6.07, 6.45) is 4.08. The van der Waals surface area contributed by atoms with Crippen molar-refractivity contribution >= 4 is 17.3 Å². The first-order valence-corrected chi connectivity index (χ1v) is 10.2. The molecule has 0 radical (unpaired) electrons. The number of unbranched alkanes of at least 4 members (excludes halogenated alkanes) is 2. The van der Waals surface area contributed by atoms with Gasteiger partial charge in [-0.25, -0.2) is 4.39 Å². The molecule has 1 aliphatic rings. The van der Waals surface area contributed by atoms with E-state index in [9.17, 15) is 9.18 Å². The van der Waals surface area contributed by atoms with Gasteiger partial charge in [0.25, 0.3) is 5.91 Å². The first-order valence-electron chi connectivity index (χ1n) is 10.2. The first kappa shape index (κ1) is 21.9. The van der Waals surface area contributed by atoms with Crippen LogP contribution in [-0.4, -0.2) is 32.1 Å². The summed E-state index contributed by atoms with van der Waals surface area (Å²) in [4.78, 5) is 14.7. The minimum absolute atomic E-state index is 0.226. The van der Waals surface area contributed by atoms with E-state index in [2.05, 4.69) is 35.4 Å². The molecule has 0 bridgehead atoms. The molecule has 4 nitrogen and oxygen atoms in total. The van der Waals surface area contributed by atoms with E-state index in [0.29, 0.717) is 11.3 Å². The van der Waals surface area contributed by atoms with E-state index >= 15 is 0 Å². The Balaban J connectivity index is 0.000000500. The summed E-state index contributed by atoms with van der Waals surface area (Å²) >= 11 is 0. The van der Waals surface area contributed by atoms with E-state index in [1.54, 1.807) is 12.1 Å². The van der Waals surface area contributed by atoms with E-state index in [-0.39, 0.29) is 11.7 Å². The van der Waals surface area contributed by atoms with Crippen LogP contribution >= 0.6 is 0 Å². The second-order valence-corrected chi connectivity index (χ2v) is 7.11. The first-order chi connectivity index (χ1) is 13.5. The maximum Gasteiger partial charge on any atom is 0.255 e. The monoisotopic (exact) mass is 385 g/mol. The molecule has 1 fully saturated rings. The number of carbonyl (C=O) groups excluding carboxylic acids is 1. The standard InChI is InChI=1S/C18H20FN3O.C5H12/c1-13-9-14(11-17(10-13)22-7-5-20-6-8-22)18(23)21-16-4-2-3-15(19)12-16;1-3-5-4-2/h2-4,9-12,20H,5-8H2,1H3,(H,21,23);3-5H2,1-2H3. The van der Waals surface area contributed by atoms with Crippen molar-refractivity contribution in [3.63, 3.8) is 0 Å². The number of halogens is 1. The SMILES string of the molecule is CCCCC.Cc1cc(C(=O)Nc2cccc(F)c2)cc(N2CCNCC2)c1. The lowest BCUT2D eigenvalue weighted by Gasteiger charge is -2.30. The molecule has 2 aromatic rings. The third kappa shape index (κ3) is 6.97. The van der Waals surface area contributed by atoms with Crippen molar-refractivity contribution in [2.75, 3.05) is 36.4 Å². The topological polar surface area (TPSA) is 44.4 Å².